The number of benzene rings is 3. The van der Waals surface area contributed by atoms with Crippen LogP contribution in [0, 0.1) is 0 Å². The van der Waals surface area contributed by atoms with Crippen molar-refractivity contribution in [1.29, 1.82) is 0 Å². The molecule has 0 aliphatic carbocycles. The molecule has 0 radical (unpaired) electrons. The van der Waals surface area contributed by atoms with E-state index in [2.05, 4.69) is 5.32 Å². The molecular weight excluding hydrogens is 452 g/mol. The number of nitrogens with one attached hydrogen (secondary N) is 1. The highest BCUT2D eigenvalue weighted by Gasteiger charge is 2.31. The van der Waals surface area contributed by atoms with Crippen LogP contribution in [0.4, 0.5) is 11.4 Å². The molecule has 0 aromatic heterocycles. The fourth-order valence-corrected chi connectivity index (χ4v) is 5.32. The highest BCUT2D eigenvalue weighted by Crippen LogP contribution is 2.25. The molecule has 8 nitrogen and oxygen atoms in total. The summed E-state index contributed by atoms with van der Waals surface area (Å²) >= 11 is 0. The lowest BCUT2D eigenvalue weighted by Crippen LogP contribution is -2.50. The molecular formula is C25H26N4O4S. The van der Waals surface area contributed by atoms with Crippen molar-refractivity contribution in [2.75, 3.05) is 23.2 Å². The molecule has 1 atom stereocenters. The molecule has 34 heavy (non-hydrogen) atoms. The maximum Gasteiger partial charge on any atom is 0.264 e. The van der Waals surface area contributed by atoms with Crippen LogP contribution in [0.5, 0.6) is 0 Å². The minimum Gasteiger partial charge on any atom is -0.368 e. The Balaban J connectivity index is 1.49. The van der Waals surface area contributed by atoms with Gasteiger partial charge in [-0.2, -0.15) is 0 Å². The lowest BCUT2D eigenvalue weighted by atomic mass is 9.93. The second-order valence-corrected chi connectivity index (χ2v) is 10.1. The standard InChI is InChI=1S/C25H26N4O4S/c1-28(21-11-3-2-4-12-21)34(32,33)22-13-7-10-20(15-22)27-24(30)17-29-16-19-9-6-5-8-18(19)14-23(29)25(26)31/h2-13,15,23H,14,16-17H2,1H3,(H2,26,31)(H,27,30). The second-order valence-electron chi connectivity index (χ2n) is 8.18. The summed E-state index contributed by atoms with van der Waals surface area (Å²) in [5.41, 5.74) is 8.57. The monoisotopic (exact) mass is 478 g/mol. The summed E-state index contributed by atoms with van der Waals surface area (Å²) < 4.78 is 27.3. The van der Waals surface area contributed by atoms with E-state index in [0.29, 0.717) is 24.3 Å². The van der Waals surface area contributed by atoms with Crippen LogP contribution in [0.3, 0.4) is 0 Å². The largest absolute Gasteiger partial charge is 0.368 e. The van der Waals surface area contributed by atoms with Crippen molar-refractivity contribution in [2.45, 2.75) is 23.9 Å². The normalized spacial score (nSPS) is 15.9. The van der Waals surface area contributed by atoms with Gasteiger partial charge in [0.1, 0.15) is 0 Å². The first-order valence-electron chi connectivity index (χ1n) is 10.8. The van der Waals surface area contributed by atoms with Gasteiger partial charge >= 0.3 is 0 Å². The fraction of sp³-hybridized carbons (Fsp3) is 0.200. The maximum absolute atomic E-state index is 13.1. The highest BCUT2D eigenvalue weighted by atomic mass is 32.2. The zero-order valence-corrected chi connectivity index (χ0v) is 19.5. The smallest absolute Gasteiger partial charge is 0.264 e. The van der Waals surface area contributed by atoms with Crippen molar-refractivity contribution < 1.29 is 18.0 Å². The maximum atomic E-state index is 13.1. The molecule has 1 aliphatic heterocycles. The van der Waals surface area contributed by atoms with E-state index in [1.165, 1.54) is 23.5 Å². The van der Waals surface area contributed by atoms with E-state index in [4.69, 9.17) is 5.73 Å². The molecule has 1 unspecified atom stereocenters. The molecule has 0 saturated carbocycles. The number of primary amides is 1. The molecule has 1 aliphatic rings. The number of nitrogens with zero attached hydrogens (tertiary/aromatic N) is 2. The Morgan fingerprint density at radius 2 is 1.68 bits per heavy atom. The second kappa shape index (κ2) is 9.66. The van der Waals surface area contributed by atoms with Gasteiger partial charge < -0.3 is 11.1 Å². The van der Waals surface area contributed by atoms with E-state index < -0.39 is 22.0 Å². The van der Waals surface area contributed by atoms with E-state index in [1.807, 2.05) is 30.3 Å². The number of anilines is 2. The molecule has 4 rings (SSSR count). The molecule has 2 amide bonds. The molecule has 3 aromatic rings. The quantitative estimate of drug-likeness (QED) is 0.541. The Morgan fingerprint density at radius 3 is 2.38 bits per heavy atom. The molecule has 176 valence electrons. The molecule has 3 aromatic carbocycles. The fourth-order valence-electron chi connectivity index (χ4n) is 4.08. The SMILES string of the molecule is CN(c1ccccc1)S(=O)(=O)c1cccc(NC(=O)CN2Cc3ccccc3CC2C(N)=O)c1. The zero-order chi connectivity index (χ0) is 24.3. The minimum atomic E-state index is -3.82. The van der Waals surface area contributed by atoms with Gasteiger partial charge in [-0.05, 0) is 47.9 Å². The first-order valence-corrected chi connectivity index (χ1v) is 12.2. The van der Waals surface area contributed by atoms with Crippen molar-refractivity contribution >= 4 is 33.2 Å². The van der Waals surface area contributed by atoms with Gasteiger partial charge in [0.25, 0.3) is 10.0 Å². The van der Waals surface area contributed by atoms with Gasteiger partial charge in [-0.25, -0.2) is 8.42 Å². The third-order valence-corrected chi connectivity index (χ3v) is 7.70. The van der Waals surface area contributed by atoms with Crippen molar-refractivity contribution in [2.24, 2.45) is 5.73 Å². The summed E-state index contributed by atoms with van der Waals surface area (Å²) in [6, 6.07) is 22.0. The summed E-state index contributed by atoms with van der Waals surface area (Å²) in [7, 11) is -2.34. The van der Waals surface area contributed by atoms with Crippen LogP contribution in [0.15, 0.2) is 83.8 Å². The molecule has 3 N–H and O–H groups in total. The summed E-state index contributed by atoms with van der Waals surface area (Å²) in [6.45, 7) is 0.371. The van der Waals surface area contributed by atoms with Crippen LogP contribution in [0.1, 0.15) is 11.1 Å². The number of carbonyl (C=O) groups excluding carboxylic acids is 2. The number of hydrogen-bond donors (Lipinski definition) is 2. The third-order valence-electron chi connectivity index (χ3n) is 5.92. The van der Waals surface area contributed by atoms with E-state index >= 15 is 0 Å². The van der Waals surface area contributed by atoms with Gasteiger partial charge in [-0.3, -0.25) is 18.8 Å². The number of carbonyl (C=O) groups is 2. The number of sulfonamides is 1. The lowest BCUT2D eigenvalue weighted by Gasteiger charge is -2.34. The lowest BCUT2D eigenvalue weighted by molar-refractivity contribution is -0.125. The summed E-state index contributed by atoms with van der Waals surface area (Å²) in [4.78, 5) is 26.6. The van der Waals surface area contributed by atoms with Crippen LogP contribution in [-0.4, -0.2) is 44.8 Å². The molecule has 1 heterocycles. The molecule has 0 bridgehead atoms. The van der Waals surface area contributed by atoms with Gasteiger partial charge in [-0.1, -0.05) is 48.5 Å². The Labute approximate surface area is 199 Å². The Morgan fingerprint density at radius 1 is 1.00 bits per heavy atom. The summed E-state index contributed by atoms with van der Waals surface area (Å²) in [5, 5.41) is 2.75. The van der Waals surface area contributed by atoms with Crippen molar-refractivity contribution in [1.82, 2.24) is 4.90 Å². The Kier molecular flexibility index (Phi) is 6.67. The number of rotatable bonds is 7. The van der Waals surface area contributed by atoms with Gasteiger partial charge in [-0.15, -0.1) is 0 Å². The number of fused-ring (bicyclic) bond motifs is 1. The molecule has 0 spiro atoms. The van der Waals surface area contributed by atoms with Crippen molar-refractivity contribution in [3.05, 3.63) is 90.0 Å². The van der Waals surface area contributed by atoms with Crippen LogP contribution < -0.4 is 15.4 Å². The summed E-state index contributed by atoms with van der Waals surface area (Å²) in [6.07, 6.45) is 0.443. The third kappa shape index (κ3) is 4.95. The first-order chi connectivity index (χ1) is 16.3. The topological polar surface area (TPSA) is 113 Å². The number of hydrogen-bond acceptors (Lipinski definition) is 5. The van der Waals surface area contributed by atoms with Gasteiger partial charge in [0.05, 0.1) is 23.2 Å². The minimum absolute atomic E-state index is 0.0527. The van der Waals surface area contributed by atoms with Crippen molar-refractivity contribution in [3.63, 3.8) is 0 Å². The van der Waals surface area contributed by atoms with Gasteiger partial charge in [0.2, 0.25) is 11.8 Å². The summed E-state index contributed by atoms with van der Waals surface area (Å²) in [5.74, 6) is -0.851. The number of nitrogens with two attached hydrogens (primary N) is 1. The average molecular weight is 479 g/mol. The highest BCUT2D eigenvalue weighted by molar-refractivity contribution is 7.92. The molecule has 9 heteroatoms. The number of para-hydroxylation sites is 1. The number of amides is 2. The Bertz CT molecular complexity index is 1310. The predicted molar refractivity (Wildman–Crippen MR) is 131 cm³/mol. The molecule has 0 saturated heterocycles. The molecule has 0 fully saturated rings. The van der Waals surface area contributed by atoms with Gasteiger partial charge in [0.15, 0.2) is 0 Å². The van der Waals surface area contributed by atoms with Crippen molar-refractivity contribution in [3.8, 4) is 0 Å². The van der Waals surface area contributed by atoms with E-state index in [-0.39, 0.29) is 17.3 Å². The van der Waals surface area contributed by atoms with Crippen LogP contribution in [0.2, 0.25) is 0 Å². The average Bonchev–Trinajstić information content (AvgIpc) is 2.83. The Hall–Kier alpha value is -3.69. The van der Waals surface area contributed by atoms with Crippen LogP contribution >= 0.6 is 0 Å². The van der Waals surface area contributed by atoms with E-state index in [9.17, 15) is 18.0 Å². The zero-order valence-electron chi connectivity index (χ0n) is 18.7. The van der Waals surface area contributed by atoms with Crippen LogP contribution in [-0.2, 0) is 32.6 Å². The van der Waals surface area contributed by atoms with E-state index in [0.717, 1.165) is 11.1 Å². The first kappa shape index (κ1) is 23.5. The van der Waals surface area contributed by atoms with Crippen LogP contribution in [0.25, 0.3) is 0 Å². The van der Waals surface area contributed by atoms with Gasteiger partial charge in [0, 0.05) is 19.3 Å². The van der Waals surface area contributed by atoms with E-state index in [1.54, 1.807) is 41.3 Å². The predicted octanol–water partition coefficient (Wildman–Crippen LogP) is 2.36.